The van der Waals surface area contributed by atoms with Crippen molar-refractivity contribution in [2.24, 2.45) is 0 Å². The van der Waals surface area contributed by atoms with Crippen LogP contribution in [0.4, 0.5) is 5.95 Å². The molecule has 5 heteroatoms. The number of carbonyl (C=O) groups is 1. The third-order valence-electron chi connectivity index (χ3n) is 4.06. The average Bonchev–Trinajstić information content (AvgIpc) is 2.46. The van der Waals surface area contributed by atoms with Crippen LogP contribution in [0.2, 0.25) is 0 Å². The average molecular weight is 296 g/mol. The van der Waals surface area contributed by atoms with Crippen LogP contribution in [0.25, 0.3) is 0 Å². The van der Waals surface area contributed by atoms with Gasteiger partial charge in [0.1, 0.15) is 0 Å². The van der Waals surface area contributed by atoms with E-state index in [0.29, 0.717) is 11.5 Å². The van der Waals surface area contributed by atoms with Crippen molar-refractivity contribution in [1.29, 1.82) is 0 Å². The fourth-order valence-electron chi connectivity index (χ4n) is 2.69. The van der Waals surface area contributed by atoms with Crippen molar-refractivity contribution in [2.45, 2.75) is 19.4 Å². The molecular formula is C17H20N4O. The van der Waals surface area contributed by atoms with Gasteiger partial charge in [-0.3, -0.25) is 4.79 Å². The highest BCUT2D eigenvalue weighted by atomic mass is 16.2. The molecule has 2 aromatic rings. The van der Waals surface area contributed by atoms with E-state index in [9.17, 15) is 4.79 Å². The van der Waals surface area contributed by atoms with Gasteiger partial charge in [0.05, 0.1) is 17.3 Å². The molecule has 0 unspecified atom stereocenters. The van der Waals surface area contributed by atoms with Crippen molar-refractivity contribution in [3.63, 3.8) is 0 Å². The first-order chi connectivity index (χ1) is 10.6. The van der Waals surface area contributed by atoms with E-state index < -0.39 is 0 Å². The number of hydrogen-bond acceptors (Lipinski definition) is 4. The Kier molecular flexibility index (Phi) is 3.79. The van der Waals surface area contributed by atoms with Gasteiger partial charge >= 0.3 is 0 Å². The van der Waals surface area contributed by atoms with Crippen molar-refractivity contribution in [3.05, 3.63) is 53.3 Å². The lowest BCUT2D eigenvalue weighted by Gasteiger charge is -2.41. The van der Waals surface area contributed by atoms with Crippen LogP contribution in [0, 0.1) is 6.92 Å². The third kappa shape index (κ3) is 2.54. The van der Waals surface area contributed by atoms with Crippen molar-refractivity contribution in [2.75, 3.05) is 25.5 Å². The Balaban J connectivity index is 1.83. The Bertz CT molecular complexity index is 684. The molecule has 1 aliphatic heterocycles. The summed E-state index contributed by atoms with van der Waals surface area (Å²) < 4.78 is 0. The Morgan fingerprint density at radius 2 is 2.00 bits per heavy atom. The SMILES string of the molecule is Cc1nc(N(C)C)ncc1C(=O)N1CC[C@H]1c1ccccc1. The number of aryl methyl sites for hydroxylation is 1. The standard InChI is InChI=1S/C17H20N4O/c1-12-14(11-18-17(19-12)20(2)3)16(22)21-10-9-15(21)13-7-5-4-6-8-13/h4-8,11,15H,9-10H2,1-3H3/t15-/m0/s1. The van der Waals surface area contributed by atoms with E-state index in [-0.39, 0.29) is 11.9 Å². The lowest BCUT2D eigenvalue weighted by atomic mass is 9.94. The topological polar surface area (TPSA) is 49.3 Å². The molecule has 1 amide bonds. The molecule has 0 aliphatic carbocycles. The van der Waals surface area contributed by atoms with E-state index in [4.69, 9.17) is 0 Å². The second-order valence-electron chi connectivity index (χ2n) is 5.78. The predicted molar refractivity (Wildman–Crippen MR) is 85.9 cm³/mol. The zero-order chi connectivity index (χ0) is 15.7. The largest absolute Gasteiger partial charge is 0.347 e. The smallest absolute Gasteiger partial charge is 0.257 e. The zero-order valence-corrected chi connectivity index (χ0v) is 13.2. The second-order valence-corrected chi connectivity index (χ2v) is 5.78. The summed E-state index contributed by atoms with van der Waals surface area (Å²) in [7, 11) is 3.77. The van der Waals surface area contributed by atoms with E-state index in [0.717, 1.165) is 18.7 Å². The van der Waals surface area contributed by atoms with Crippen LogP contribution in [-0.4, -0.2) is 41.4 Å². The summed E-state index contributed by atoms with van der Waals surface area (Å²) in [5.74, 6) is 0.639. The maximum absolute atomic E-state index is 12.7. The molecule has 1 fully saturated rings. The molecule has 0 saturated carbocycles. The molecule has 1 aliphatic rings. The first-order valence-electron chi connectivity index (χ1n) is 7.45. The Labute approximate surface area is 130 Å². The molecule has 5 nitrogen and oxygen atoms in total. The molecule has 0 bridgehead atoms. The van der Waals surface area contributed by atoms with Crippen LogP contribution in [0.1, 0.15) is 34.1 Å². The minimum atomic E-state index is 0.0166. The highest BCUT2D eigenvalue weighted by Crippen LogP contribution is 2.34. The first-order valence-corrected chi connectivity index (χ1v) is 7.45. The van der Waals surface area contributed by atoms with E-state index in [1.165, 1.54) is 5.56 Å². The molecule has 0 N–H and O–H groups in total. The van der Waals surface area contributed by atoms with Crippen LogP contribution >= 0.6 is 0 Å². The summed E-state index contributed by atoms with van der Waals surface area (Å²) in [6.07, 6.45) is 2.64. The number of nitrogens with zero attached hydrogens (tertiary/aromatic N) is 4. The number of likely N-dealkylation sites (tertiary alicyclic amines) is 1. The normalized spacial score (nSPS) is 17.0. The quantitative estimate of drug-likeness (QED) is 0.873. The maximum Gasteiger partial charge on any atom is 0.257 e. The van der Waals surface area contributed by atoms with E-state index in [1.54, 1.807) is 6.20 Å². The Hall–Kier alpha value is -2.43. The van der Waals surface area contributed by atoms with Gasteiger partial charge in [0.15, 0.2) is 0 Å². The monoisotopic (exact) mass is 296 g/mol. The summed E-state index contributed by atoms with van der Waals surface area (Å²) in [4.78, 5) is 25.1. The molecule has 3 rings (SSSR count). The number of hydrogen-bond donors (Lipinski definition) is 0. The van der Waals surface area contributed by atoms with Gasteiger partial charge in [0, 0.05) is 26.8 Å². The predicted octanol–water partition coefficient (Wildman–Crippen LogP) is 2.44. The molecule has 1 aromatic carbocycles. The molecule has 2 heterocycles. The summed E-state index contributed by atoms with van der Waals surface area (Å²) in [5.41, 5.74) is 2.50. The highest BCUT2D eigenvalue weighted by molar-refractivity contribution is 5.95. The summed E-state index contributed by atoms with van der Waals surface area (Å²) in [5, 5.41) is 0. The number of carbonyl (C=O) groups excluding carboxylic acids is 1. The van der Waals surface area contributed by atoms with Crippen molar-refractivity contribution in [1.82, 2.24) is 14.9 Å². The Morgan fingerprint density at radius 1 is 1.27 bits per heavy atom. The van der Waals surface area contributed by atoms with Gasteiger partial charge in [0.2, 0.25) is 5.95 Å². The van der Waals surface area contributed by atoms with Gasteiger partial charge in [-0.25, -0.2) is 9.97 Å². The van der Waals surface area contributed by atoms with E-state index in [2.05, 4.69) is 22.1 Å². The summed E-state index contributed by atoms with van der Waals surface area (Å²) in [6, 6.07) is 10.3. The second kappa shape index (κ2) is 5.75. The lowest BCUT2D eigenvalue weighted by Crippen LogP contribution is -2.45. The minimum Gasteiger partial charge on any atom is -0.347 e. The fraction of sp³-hybridized carbons (Fsp3) is 0.353. The summed E-state index contributed by atoms with van der Waals surface area (Å²) >= 11 is 0. The number of anilines is 1. The van der Waals surface area contributed by atoms with Crippen LogP contribution in [0.15, 0.2) is 36.5 Å². The van der Waals surface area contributed by atoms with Gasteiger partial charge in [0.25, 0.3) is 5.91 Å². The molecule has 1 saturated heterocycles. The molecule has 114 valence electrons. The van der Waals surface area contributed by atoms with E-state index in [1.807, 2.05) is 49.0 Å². The van der Waals surface area contributed by atoms with Gasteiger partial charge in [-0.2, -0.15) is 0 Å². The van der Waals surface area contributed by atoms with Crippen LogP contribution in [0.5, 0.6) is 0 Å². The van der Waals surface area contributed by atoms with Crippen LogP contribution in [-0.2, 0) is 0 Å². The number of amides is 1. The van der Waals surface area contributed by atoms with Gasteiger partial charge < -0.3 is 9.80 Å². The zero-order valence-electron chi connectivity index (χ0n) is 13.2. The molecule has 22 heavy (non-hydrogen) atoms. The fourth-order valence-corrected chi connectivity index (χ4v) is 2.69. The molecule has 1 aromatic heterocycles. The third-order valence-corrected chi connectivity index (χ3v) is 4.06. The Morgan fingerprint density at radius 3 is 2.55 bits per heavy atom. The first kappa shape index (κ1) is 14.5. The molecular weight excluding hydrogens is 276 g/mol. The van der Waals surface area contributed by atoms with Crippen LogP contribution in [0.3, 0.4) is 0 Å². The lowest BCUT2D eigenvalue weighted by molar-refractivity contribution is 0.0458. The van der Waals surface area contributed by atoms with E-state index >= 15 is 0 Å². The van der Waals surface area contributed by atoms with Crippen LogP contribution < -0.4 is 4.90 Å². The molecule has 0 spiro atoms. The van der Waals surface area contributed by atoms with Crippen molar-refractivity contribution < 1.29 is 4.79 Å². The number of aromatic nitrogens is 2. The minimum absolute atomic E-state index is 0.0166. The van der Waals surface area contributed by atoms with Gasteiger partial charge in [-0.1, -0.05) is 30.3 Å². The number of rotatable bonds is 3. The summed E-state index contributed by atoms with van der Waals surface area (Å²) in [6.45, 7) is 2.65. The van der Waals surface area contributed by atoms with Crippen molar-refractivity contribution in [3.8, 4) is 0 Å². The molecule has 0 radical (unpaired) electrons. The van der Waals surface area contributed by atoms with Crippen molar-refractivity contribution >= 4 is 11.9 Å². The highest BCUT2D eigenvalue weighted by Gasteiger charge is 2.34. The van der Waals surface area contributed by atoms with Gasteiger partial charge in [-0.15, -0.1) is 0 Å². The maximum atomic E-state index is 12.7. The van der Waals surface area contributed by atoms with Gasteiger partial charge in [-0.05, 0) is 18.9 Å². The number of benzene rings is 1. The molecule has 1 atom stereocenters.